The first-order valence-corrected chi connectivity index (χ1v) is 17.4. The zero-order valence-corrected chi connectivity index (χ0v) is 26.5. The van der Waals surface area contributed by atoms with Gasteiger partial charge in [-0.3, -0.25) is 9.32 Å². The zero-order chi connectivity index (χ0) is 32.2. The van der Waals surface area contributed by atoms with Crippen molar-refractivity contribution in [3.8, 4) is 0 Å². The SMILES string of the molecule is CC[C@H]1C=CC(=O)O[C@@H]1/C=C\[C@@](O)(CCN)[C@H](C[C@H](O)/C=C/C=C/[C@H]1CCC[C@@H](OC(=O)C2CCCCC2)C1)OP(=O)(O)O. The Balaban J connectivity index is 1.61. The minimum absolute atomic E-state index is 0.0238. The molecule has 0 aromatic rings. The van der Waals surface area contributed by atoms with Crippen molar-refractivity contribution in [2.45, 2.75) is 114 Å². The highest BCUT2D eigenvalue weighted by Gasteiger charge is 2.40. The van der Waals surface area contributed by atoms with Gasteiger partial charge in [0.25, 0.3) is 0 Å². The van der Waals surface area contributed by atoms with E-state index in [-0.39, 0.29) is 49.2 Å². The predicted octanol–water partition coefficient (Wildman–Crippen LogP) is 4.15. The van der Waals surface area contributed by atoms with E-state index in [1.165, 1.54) is 30.7 Å². The second kappa shape index (κ2) is 17.5. The molecule has 0 amide bonds. The van der Waals surface area contributed by atoms with Crippen molar-refractivity contribution in [3.63, 3.8) is 0 Å². The van der Waals surface area contributed by atoms with Crippen molar-refractivity contribution in [1.82, 2.24) is 0 Å². The second-order valence-electron chi connectivity index (χ2n) is 12.2. The first kappa shape index (κ1) is 36.4. The van der Waals surface area contributed by atoms with E-state index in [0.29, 0.717) is 6.42 Å². The van der Waals surface area contributed by atoms with Crippen LogP contribution in [0.4, 0.5) is 0 Å². The molecular formula is C32H50NO10P. The summed E-state index contributed by atoms with van der Waals surface area (Å²) < 4.78 is 28.0. The first-order chi connectivity index (χ1) is 20.9. The van der Waals surface area contributed by atoms with Gasteiger partial charge in [-0.2, -0.15) is 0 Å². The molecule has 2 saturated carbocycles. The van der Waals surface area contributed by atoms with E-state index >= 15 is 0 Å². The topological polar surface area (TPSA) is 186 Å². The van der Waals surface area contributed by atoms with E-state index in [1.807, 2.05) is 13.0 Å². The highest BCUT2D eigenvalue weighted by atomic mass is 31.2. The van der Waals surface area contributed by atoms with E-state index in [9.17, 15) is 34.2 Å². The van der Waals surface area contributed by atoms with Crippen molar-refractivity contribution in [2.75, 3.05) is 6.54 Å². The van der Waals surface area contributed by atoms with Gasteiger partial charge in [-0.05, 0) is 69.9 Å². The number of allylic oxidation sites excluding steroid dienone is 3. The van der Waals surface area contributed by atoms with Crippen molar-refractivity contribution < 1.29 is 48.2 Å². The van der Waals surface area contributed by atoms with Crippen LogP contribution in [0.25, 0.3) is 0 Å². The standard InChI is InChI=1S/C32H50NO10P/c1-2-24-15-16-30(35)42-28(24)17-18-32(37,19-20-33)29(43-44(38,39)40)22-26(34)13-7-6-9-23-10-8-14-27(21-23)41-31(36)25-11-4-3-5-12-25/h6-7,9,13,15-18,23-29,34,37H,2-5,8,10-12,14,19-22,33H2,1H3,(H2,38,39,40)/b9-6+,13-7+,18-17-/t23-,24-,26+,27+,28+,29-,32+/m0/s1. The number of carbonyl (C=O) groups excluding carboxylic acids is 2. The number of nitrogens with two attached hydrogens (primary N) is 1. The van der Waals surface area contributed by atoms with Gasteiger partial charge in [-0.1, -0.05) is 62.6 Å². The minimum Gasteiger partial charge on any atom is -0.462 e. The lowest BCUT2D eigenvalue weighted by Gasteiger charge is -2.35. The predicted molar refractivity (Wildman–Crippen MR) is 165 cm³/mol. The van der Waals surface area contributed by atoms with Crippen LogP contribution in [0.3, 0.4) is 0 Å². The average molecular weight is 640 g/mol. The van der Waals surface area contributed by atoms with Gasteiger partial charge in [-0.25, -0.2) is 9.36 Å². The smallest absolute Gasteiger partial charge is 0.462 e. The van der Waals surface area contributed by atoms with Crippen LogP contribution < -0.4 is 5.73 Å². The second-order valence-corrected chi connectivity index (χ2v) is 13.4. The molecule has 0 radical (unpaired) electrons. The minimum atomic E-state index is -5.07. The number of aliphatic hydroxyl groups is 2. The average Bonchev–Trinajstić information content (AvgIpc) is 2.98. The number of esters is 2. The number of hydrogen-bond acceptors (Lipinski definition) is 9. The van der Waals surface area contributed by atoms with Crippen LogP contribution in [-0.2, 0) is 28.2 Å². The Morgan fingerprint density at radius 1 is 1.16 bits per heavy atom. The molecule has 12 heteroatoms. The Hall–Kier alpha value is -2.11. The molecule has 0 spiro atoms. The molecule has 44 heavy (non-hydrogen) atoms. The fraction of sp³-hybridized carbons (Fsp3) is 0.688. The van der Waals surface area contributed by atoms with E-state index in [0.717, 1.165) is 51.4 Å². The molecule has 11 nitrogen and oxygen atoms in total. The van der Waals surface area contributed by atoms with Gasteiger partial charge in [0.2, 0.25) is 0 Å². The third-order valence-corrected chi connectivity index (χ3v) is 9.27. The molecule has 6 N–H and O–H groups in total. The molecule has 0 unspecified atom stereocenters. The molecule has 3 rings (SSSR count). The summed E-state index contributed by atoms with van der Waals surface area (Å²) in [4.78, 5) is 43.5. The lowest BCUT2D eigenvalue weighted by Crippen LogP contribution is -2.45. The number of phosphoric acid groups is 1. The highest BCUT2D eigenvalue weighted by molar-refractivity contribution is 7.46. The number of carbonyl (C=O) groups is 2. The number of rotatable bonds is 15. The molecule has 0 aromatic heterocycles. The van der Waals surface area contributed by atoms with Crippen LogP contribution in [0.2, 0.25) is 0 Å². The number of phosphoric ester groups is 1. The van der Waals surface area contributed by atoms with Gasteiger partial charge in [0, 0.05) is 18.4 Å². The monoisotopic (exact) mass is 639 g/mol. The normalized spacial score (nSPS) is 28.3. The van der Waals surface area contributed by atoms with E-state index in [4.69, 9.17) is 19.7 Å². The molecule has 1 aliphatic heterocycles. The molecular weight excluding hydrogens is 589 g/mol. The van der Waals surface area contributed by atoms with Gasteiger partial charge in [0.05, 0.1) is 12.0 Å². The van der Waals surface area contributed by atoms with Crippen molar-refractivity contribution in [2.24, 2.45) is 23.5 Å². The van der Waals surface area contributed by atoms with Gasteiger partial charge in [0.15, 0.2) is 0 Å². The summed E-state index contributed by atoms with van der Waals surface area (Å²) in [6.07, 6.45) is 18.0. The van der Waals surface area contributed by atoms with Crippen LogP contribution in [0.1, 0.15) is 84.0 Å². The Kier molecular flexibility index (Phi) is 14.5. The van der Waals surface area contributed by atoms with Crippen molar-refractivity contribution >= 4 is 19.8 Å². The number of ether oxygens (including phenoxy) is 2. The van der Waals surface area contributed by atoms with Crippen LogP contribution in [-0.4, -0.2) is 68.5 Å². The third-order valence-electron chi connectivity index (χ3n) is 8.74. The molecule has 7 atom stereocenters. The number of aliphatic hydroxyl groups excluding tert-OH is 1. The van der Waals surface area contributed by atoms with Crippen LogP contribution in [0.5, 0.6) is 0 Å². The Morgan fingerprint density at radius 3 is 2.59 bits per heavy atom. The lowest BCUT2D eigenvalue weighted by molar-refractivity contribution is -0.157. The lowest BCUT2D eigenvalue weighted by atomic mass is 9.86. The molecule has 248 valence electrons. The highest BCUT2D eigenvalue weighted by Crippen LogP contribution is 2.42. The molecule has 3 aliphatic rings. The molecule has 2 fully saturated rings. The Labute approximate surface area is 260 Å². The summed E-state index contributed by atoms with van der Waals surface area (Å²) in [5.74, 6) is -0.504. The van der Waals surface area contributed by atoms with Gasteiger partial charge >= 0.3 is 19.8 Å². The van der Waals surface area contributed by atoms with E-state index < -0.39 is 37.7 Å². The maximum absolute atomic E-state index is 12.6. The summed E-state index contributed by atoms with van der Waals surface area (Å²) in [6.45, 7) is 1.87. The number of hydrogen-bond donors (Lipinski definition) is 5. The molecule has 0 bridgehead atoms. The van der Waals surface area contributed by atoms with Crippen molar-refractivity contribution in [1.29, 1.82) is 0 Å². The Bertz CT molecular complexity index is 1090. The van der Waals surface area contributed by atoms with Gasteiger partial charge in [-0.15, -0.1) is 0 Å². The summed E-state index contributed by atoms with van der Waals surface area (Å²) >= 11 is 0. The third kappa shape index (κ3) is 12.0. The molecule has 1 heterocycles. The first-order valence-electron chi connectivity index (χ1n) is 15.9. The van der Waals surface area contributed by atoms with Crippen molar-refractivity contribution in [3.05, 3.63) is 48.6 Å². The summed E-state index contributed by atoms with van der Waals surface area (Å²) in [7, 11) is -5.07. The van der Waals surface area contributed by atoms with Crippen LogP contribution >= 0.6 is 7.82 Å². The Morgan fingerprint density at radius 2 is 1.91 bits per heavy atom. The quantitative estimate of drug-likeness (QED) is 0.0750. The molecule has 2 aliphatic carbocycles. The zero-order valence-electron chi connectivity index (χ0n) is 25.6. The van der Waals surface area contributed by atoms with Gasteiger partial charge < -0.3 is 35.2 Å². The molecule has 0 saturated heterocycles. The maximum atomic E-state index is 12.6. The fourth-order valence-electron chi connectivity index (χ4n) is 6.24. The largest absolute Gasteiger partial charge is 0.469 e. The summed E-state index contributed by atoms with van der Waals surface area (Å²) in [6, 6.07) is 0. The van der Waals surface area contributed by atoms with Crippen LogP contribution in [0.15, 0.2) is 48.6 Å². The summed E-state index contributed by atoms with van der Waals surface area (Å²) in [5, 5.41) is 22.2. The van der Waals surface area contributed by atoms with E-state index in [2.05, 4.69) is 0 Å². The fourth-order valence-corrected chi connectivity index (χ4v) is 6.84. The van der Waals surface area contributed by atoms with Gasteiger partial charge in [0.1, 0.15) is 23.9 Å². The summed E-state index contributed by atoms with van der Waals surface area (Å²) in [5.41, 5.74) is 3.75. The maximum Gasteiger partial charge on any atom is 0.469 e. The van der Waals surface area contributed by atoms with E-state index in [1.54, 1.807) is 18.2 Å². The molecule has 0 aromatic carbocycles. The number of cyclic esters (lactones) is 1. The van der Waals surface area contributed by atoms with Crippen LogP contribution in [0, 0.1) is 17.8 Å².